The maximum absolute atomic E-state index is 12.7. The standard InChI is InChI=1S/C17H21NO5/c1-22-11-5-6-12(13(8-11)23-2)18-16(19)14-9-3-4-10(7-9)15(14)17(20)21/h5-6,8-10,14-15H,3-4,7H2,1-2H3,(H,18,19)(H,20,21)/t9-,10-,14+,15-/m0/s1. The maximum atomic E-state index is 12.7. The van der Waals surface area contributed by atoms with Gasteiger partial charge in [0.2, 0.25) is 5.91 Å². The van der Waals surface area contributed by atoms with E-state index in [0.29, 0.717) is 17.2 Å². The van der Waals surface area contributed by atoms with E-state index in [1.165, 1.54) is 7.11 Å². The van der Waals surface area contributed by atoms with E-state index in [9.17, 15) is 14.7 Å². The molecular weight excluding hydrogens is 298 g/mol. The molecule has 1 aromatic carbocycles. The van der Waals surface area contributed by atoms with E-state index in [2.05, 4.69) is 5.32 Å². The zero-order valence-corrected chi connectivity index (χ0v) is 13.2. The Morgan fingerprint density at radius 2 is 1.83 bits per heavy atom. The highest BCUT2D eigenvalue weighted by molar-refractivity contribution is 5.97. The number of carbonyl (C=O) groups excluding carboxylic acids is 1. The zero-order chi connectivity index (χ0) is 16.6. The molecule has 2 N–H and O–H groups in total. The fourth-order valence-corrected chi connectivity index (χ4v) is 4.14. The second kappa shape index (κ2) is 6.10. The molecule has 23 heavy (non-hydrogen) atoms. The largest absolute Gasteiger partial charge is 0.497 e. The van der Waals surface area contributed by atoms with Crippen molar-refractivity contribution in [2.45, 2.75) is 19.3 Å². The summed E-state index contributed by atoms with van der Waals surface area (Å²) in [6.07, 6.45) is 2.69. The molecule has 4 atom stereocenters. The third-order valence-corrected chi connectivity index (χ3v) is 5.17. The molecule has 0 radical (unpaired) electrons. The van der Waals surface area contributed by atoms with Gasteiger partial charge in [-0.25, -0.2) is 0 Å². The molecule has 2 saturated carbocycles. The molecule has 0 heterocycles. The Kier molecular flexibility index (Phi) is 4.15. The molecule has 0 saturated heterocycles. The van der Waals surface area contributed by atoms with Crippen molar-refractivity contribution in [3.63, 3.8) is 0 Å². The number of rotatable bonds is 5. The first-order chi connectivity index (χ1) is 11.0. The van der Waals surface area contributed by atoms with Crippen molar-refractivity contribution in [3.8, 4) is 11.5 Å². The number of anilines is 1. The molecular formula is C17H21NO5. The summed E-state index contributed by atoms with van der Waals surface area (Å²) < 4.78 is 10.4. The topological polar surface area (TPSA) is 84.9 Å². The SMILES string of the molecule is COc1ccc(NC(=O)[C@@H]2[C@H]3CC[C@@H](C3)[C@@H]2C(=O)O)c(OC)c1. The highest BCUT2D eigenvalue weighted by atomic mass is 16.5. The van der Waals surface area contributed by atoms with Gasteiger partial charge in [-0.3, -0.25) is 9.59 Å². The number of fused-ring (bicyclic) bond motifs is 2. The number of amides is 1. The van der Waals surface area contributed by atoms with E-state index in [1.807, 2.05) is 0 Å². The number of carboxylic acids is 1. The number of benzene rings is 1. The number of nitrogens with one attached hydrogen (secondary N) is 1. The number of aliphatic carboxylic acids is 1. The normalized spacial score (nSPS) is 28.4. The van der Waals surface area contributed by atoms with Gasteiger partial charge in [0.25, 0.3) is 0 Å². The summed E-state index contributed by atoms with van der Waals surface area (Å²) in [6.45, 7) is 0. The molecule has 2 bridgehead atoms. The van der Waals surface area contributed by atoms with Crippen molar-refractivity contribution < 1.29 is 24.2 Å². The lowest BCUT2D eigenvalue weighted by molar-refractivity contribution is -0.148. The fourth-order valence-electron chi connectivity index (χ4n) is 4.14. The van der Waals surface area contributed by atoms with Gasteiger partial charge in [-0.15, -0.1) is 0 Å². The summed E-state index contributed by atoms with van der Waals surface area (Å²) in [5, 5.41) is 12.3. The maximum Gasteiger partial charge on any atom is 0.307 e. The highest BCUT2D eigenvalue weighted by Gasteiger charge is 2.54. The molecule has 0 spiro atoms. The average Bonchev–Trinajstić information content (AvgIpc) is 3.16. The molecule has 3 rings (SSSR count). The number of hydrogen-bond acceptors (Lipinski definition) is 4. The molecule has 0 aromatic heterocycles. The summed E-state index contributed by atoms with van der Waals surface area (Å²) in [4.78, 5) is 24.2. The Bertz CT molecular complexity index is 629. The summed E-state index contributed by atoms with van der Waals surface area (Å²) in [6, 6.07) is 5.12. The third kappa shape index (κ3) is 2.73. The first kappa shape index (κ1) is 15.6. The van der Waals surface area contributed by atoms with Crippen LogP contribution >= 0.6 is 0 Å². The predicted octanol–water partition coefficient (Wildman–Crippen LogP) is 2.39. The molecule has 2 aliphatic carbocycles. The van der Waals surface area contributed by atoms with Crippen LogP contribution in [0.5, 0.6) is 11.5 Å². The van der Waals surface area contributed by atoms with E-state index in [0.717, 1.165) is 19.3 Å². The van der Waals surface area contributed by atoms with Gasteiger partial charge in [0, 0.05) is 6.07 Å². The van der Waals surface area contributed by atoms with Crippen molar-refractivity contribution >= 4 is 17.6 Å². The Hall–Kier alpha value is -2.24. The number of carbonyl (C=O) groups is 2. The van der Waals surface area contributed by atoms with Gasteiger partial charge < -0.3 is 19.9 Å². The average molecular weight is 319 g/mol. The van der Waals surface area contributed by atoms with Gasteiger partial charge in [-0.05, 0) is 43.2 Å². The number of carboxylic acid groups (broad SMARTS) is 1. The summed E-state index contributed by atoms with van der Waals surface area (Å²) in [7, 11) is 3.07. The highest BCUT2D eigenvalue weighted by Crippen LogP contribution is 2.52. The van der Waals surface area contributed by atoms with E-state index in [-0.39, 0.29) is 17.7 Å². The fraction of sp³-hybridized carbons (Fsp3) is 0.529. The molecule has 1 aromatic rings. The van der Waals surface area contributed by atoms with Crippen LogP contribution in [-0.4, -0.2) is 31.2 Å². The van der Waals surface area contributed by atoms with Crippen LogP contribution in [-0.2, 0) is 9.59 Å². The molecule has 0 aliphatic heterocycles. The predicted molar refractivity (Wildman–Crippen MR) is 83.6 cm³/mol. The lowest BCUT2D eigenvalue weighted by Gasteiger charge is -2.27. The van der Waals surface area contributed by atoms with Gasteiger partial charge in [0.15, 0.2) is 0 Å². The monoisotopic (exact) mass is 319 g/mol. The van der Waals surface area contributed by atoms with Crippen molar-refractivity contribution in [1.29, 1.82) is 0 Å². The molecule has 0 unspecified atom stereocenters. The quantitative estimate of drug-likeness (QED) is 0.870. The molecule has 6 heteroatoms. The molecule has 2 fully saturated rings. The van der Waals surface area contributed by atoms with Crippen molar-refractivity contribution in [2.24, 2.45) is 23.7 Å². The minimum absolute atomic E-state index is 0.131. The minimum atomic E-state index is -0.862. The van der Waals surface area contributed by atoms with Crippen LogP contribution in [0.2, 0.25) is 0 Å². The Morgan fingerprint density at radius 3 is 2.43 bits per heavy atom. The van der Waals surface area contributed by atoms with Crippen LogP contribution in [0.3, 0.4) is 0 Å². The smallest absolute Gasteiger partial charge is 0.307 e. The number of methoxy groups -OCH3 is 2. The number of ether oxygens (including phenoxy) is 2. The van der Waals surface area contributed by atoms with Crippen LogP contribution in [0.4, 0.5) is 5.69 Å². The molecule has 6 nitrogen and oxygen atoms in total. The molecule has 2 aliphatic rings. The Labute approximate surface area is 134 Å². The first-order valence-electron chi connectivity index (χ1n) is 7.80. The van der Waals surface area contributed by atoms with Crippen LogP contribution in [0.1, 0.15) is 19.3 Å². The first-order valence-corrected chi connectivity index (χ1v) is 7.80. The summed E-state index contributed by atoms with van der Waals surface area (Å²) in [5.74, 6) is -0.699. The Balaban J connectivity index is 1.80. The Morgan fingerprint density at radius 1 is 1.13 bits per heavy atom. The second-order valence-corrected chi connectivity index (χ2v) is 6.28. The van der Waals surface area contributed by atoms with Gasteiger partial charge >= 0.3 is 5.97 Å². The third-order valence-electron chi connectivity index (χ3n) is 5.17. The number of hydrogen-bond donors (Lipinski definition) is 2. The van der Waals surface area contributed by atoms with E-state index in [1.54, 1.807) is 25.3 Å². The van der Waals surface area contributed by atoms with Gasteiger partial charge in [-0.1, -0.05) is 0 Å². The van der Waals surface area contributed by atoms with Gasteiger partial charge in [0.1, 0.15) is 11.5 Å². The summed E-state index contributed by atoms with van der Waals surface area (Å²) >= 11 is 0. The van der Waals surface area contributed by atoms with Crippen LogP contribution in [0.15, 0.2) is 18.2 Å². The van der Waals surface area contributed by atoms with Crippen LogP contribution in [0.25, 0.3) is 0 Å². The van der Waals surface area contributed by atoms with E-state index < -0.39 is 17.8 Å². The van der Waals surface area contributed by atoms with E-state index >= 15 is 0 Å². The van der Waals surface area contributed by atoms with Gasteiger partial charge in [-0.2, -0.15) is 0 Å². The zero-order valence-electron chi connectivity index (χ0n) is 13.2. The van der Waals surface area contributed by atoms with E-state index in [4.69, 9.17) is 9.47 Å². The van der Waals surface area contributed by atoms with Gasteiger partial charge in [0.05, 0.1) is 31.7 Å². The summed E-state index contributed by atoms with van der Waals surface area (Å²) in [5.41, 5.74) is 0.533. The lowest BCUT2D eigenvalue weighted by Crippen LogP contribution is -2.37. The van der Waals surface area contributed by atoms with Crippen molar-refractivity contribution in [3.05, 3.63) is 18.2 Å². The minimum Gasteiger partial charge on any atom is -0.497 e. The van der Waals surface area contributed by atoms with Crippen LogP contribution in [0, 0.1) is 23.7 Å². The molecule has 1 amide bonds. The molecule has 124 valence electrons. The van der Waals surface area contributed by atoms with Crippen molar-refractivity contribution in [2.75, 3.05) is 19.5 Å². The van der Waals surface area contributed by atoms with Crippen molar-refractivity contribution in [1.82, 2.24) is 0 Å². The lowest BCUT2D eigenvalue weighted by atomic mass is 9.78. The van der Waals surface area contributed by atoms with Crippen LogP contribution < -0.4 is 14.8 Å². The second-order valence-electron chi connectivity index (χ2n) is 6.28.